The number of likely N-dealkylation sites (tertiary alicyclic amines) is 1. The van der Waals surface area contributed by atoms with Gasteiger partial charge in [-0.05, 0) is 31.4 Å². The third kappa shape index (κ3) is 3.82. The van der Waals surface area contributed by atoms with Crippen LogP contribution < -0.4 is 5.48 Å². The van der Waals surface area contributed by atoms with E-state index in [0.29, 0.717) is 17.9 Å². The Labute approximate surface area is 146 Å². The molecule has 2 atom stereocenters. The van der Waals surface area contributed by atoms with Gasteiger partial charge in [0.1, 0.15) is 11.6 Å². The predicted molar refractivity (Wildman–Crippen MR) is 92.5 cm³/mol. The van der Waals surface area contributed by atoms with Gasteiger partial charge in [0.25, 0.3) is 0 Å². The van der Waals surface area contributed by atoms with E-state index in [9.17, 15) is 9.18 Å². The van der Waals surface area contributed by atoms with Gasteiger partial charge in [0.05, 0.1) is 23.0 Å². The number of rotatable bonds is 7. The van der Waals surface area contributed by atoms with Crippen LogP contribution >= 0.6 is 0 Å². The Morgan fingerprint density at radius 1 is 1.56 bits per heavy atom. The summed E-state index contributed by atoms with van der Waals surface area (Å²) in [4.78, 5) is 22.5. The highest BCUT2D eigenvalue weighted by molar-refractivity contribution is 5.80. The van der Waals surface area contributed by atoms with E-state index in [-0.39, 0.29) is 30.2 Å². The van der Waals surface area contributed by atoms with Gasteiger partial charge in [-0.3, -0.25) is 4.79 Å². The molecule has 0 unspecified atom stereocenters. The fourth-order valence-electron chi connectivity index (χ4n) is 3.58. The number of hydroxylamine groups is 1. The molecule has 1 aliphatic heterocycles. The molecule has 0 spiro atoms. The van der Waals surface area contributed by atoms with Gasteiger partial charge in [0.2, 0.25) is 5.91 Å². The number of fused-ring (bicyclic) bond motifs is 1. The molecule has 1 fully saturated rings. The molecule has 1 saturated heterocycles. The quantitative estimate of drug-likeness (QED) is 0.672. The third-order valence-corrected chi connectivity index (χ3v) is 4.91. The summed E-state index contributed by atoms with van der Waals surface area (Å²) < 4.78 is 13.4. The van der Waals surface area contributed by atoms with Gasteiger partial charge in [-0.1, -0.05) is 19.8 Å². The standard InChI is InChI=1S/C18H25FN4O2/c1-2-3-5-12(11-20-25)18(24)23-9-4-6-16(23)17-21-14-8-7-13(19)10-15(14)22-17/h7-8,10,12,16,20,25H,2-6,9,11H2,1H3,(H,21,22)/t12-,16+/m1/s1. The molecule has 3 N–H and O–H groups in total. The van der Waals surface area contributed by atoms with Crippen molar-refractivity contribution in [2.75, 3.05) is 13.1 Å². The van der Waals surface area contributed by atoms with Crippen LogP contribution in [-0.2, 0) is 4.79 Å². The molecule has 0 bridgehead atoms. The Kier molecular flexibility index (Phi) is 5.65. The maximum Gasteiger partial charge on any atom is 0.227 e. The average Bonchev–Trinajstić information content (AvgIpc) is 3.23. The second-order valence-electron chi connectivity index (χ2n) is 6.67. The van der Waals surface area contributed by atoms with Gasteiger partial charge in [-0.15, -0.1) is 0 Å². The summed E-state index contributed by atoms with van der Waals surface area (Å²) in [6.45, 7) is 3.02. The Hall–Kier alpha value is -1.99. The number of benzene rings is 1. The SMILES string of the molecule is CCCC[C@H](CNO)C(=O)N1CCC[C@H]1c1nc2cc(F)ccc2[nH]1. The van der Waals surface area contributed by atoms with Crippen LogP contribution in [-0.4, -0.2) is 39.1 Å². The third-order valence-electron chi connectivity index (χ3n) is 4.91. The van der Waals surface area contributed by atoms with Crippen molar-refractivity contribution < 1.29 is 14.4 Å². The Balaban J connectivity index is 1.81. The minimum Gasteiger partial charge on any atom is -0.340 e. The van der Waals surface area contributed by atoms with Crippen molar-refractivity contribution >= 4 is 16.9 Å². The predicted octanol–water partition coefficient (Wildman–Crippen LogP) is 3.15. The van der Waals surface area contributed by atoms with E-state index in [0.717, 1.165) is 37.6 Å². The van der Waals surface area contributed by atoms with E-state index in [1.165, 1.54) is 12.1 Å². The van der Waals surface area contributed by atoms with Gasteiger partial charge in [0, 0.05) is 19.2 Å². The van der Waals surface area contributed by atoms with E-state index < -0.39 is 0 Å². The number of imidazole rings is 1. The van der Waals surface area contributed by atoms with Gasteiger partial charge < -0.3 is 15.1 Å². The summed E-state index contributed by atoms with van der Waals surface area (Å²) in [6, 6.07) is 4.35. The summed E-state index contributed by atoms with van der Waals surface area (Å²) >= 11 is 0. The van der Waals surface area contributed by atoms with Crippen molar-refractivity contribution in [2.45, 2.75) is 45.1 Å². The number of hydrogen-bond acceptors (Lipinski definition) is 4. The number of amides is 1. The first-order valence-electron chi connectivity index (χ1n) is 8.96. The molecule has 0 aliphatic carbocycles. The fourth-order valence-corrected chi connectivity index (χ4v) is 3.58. The number of carbonyl (C=O) groups is 1. The largest absolute Gasteiger partial charge is 0.340 e. The van der Waals surface area contributed by atoms with Crippen molar-refractivity contribution in [1.29, 1.82) is 0 Å². The number of aromatic nitrogens is 2. The van der Waals surface area contributed by atoms with Crippen LogP contribution in [0.3, 0.4) is 0 Å². The smallest absolute Gasteiger partial charge is 0.227 e. The Morgan fingerprint density at radius 3 is 3.16 bits per heavy atom. The maximum atomic E-state index is 13.4. The molecule has 2 heterocycles. The number of nitrogens with one attached hydrogen (secondary N) is 2. The molecular formula is C18H25FN4O2. The lowest BCUT2D eigenvalue weighted by molar-refractivity contribution is -0.137. The lowest BCUT2D eigenvalue weighted by Crippen LogP contribution is -2.39. The lowest BCUT2D eigenvalue weighted by Gasteiger charge is -2.27. The summed E-state index contributed by atoms with van der Waals surface area (Å²) in [7, 11) is 0. The fraction of sp³-hybridized carbons (Fsp3) is 0.556. The number of nitrogens with zero attached hydrogens (tertiary/aromatic N) is 2. The van der Waals surface area contributed by atoms with Gasteiger partial charge >= 0.3 is 0 Å². The van der Waals surface area contributed by atoms with Crippen molar-refractivity contribution in [3.05, 3.63) is 29.8 Å². The number of aromatic amines is 1. The maximum absolute atomic E-state index is 13.4. The van der Waals surface area contributed by atoms with Crippen LogP contribution in [0.15, 0.2) is 18.2 Å². The van der Waals surface area contributed by atoms with Crippen LogP contribution in [0.4, 0.5) is 4.39 Å². The minimum atomic E-state index is -0.321. The zero-order valence-electron chi connectivity index (χ0n) is 14.5. The highest BCUT2D eigenvalue weighted by atomic mass is 19.1. The van der Waals surface area contributed by atoms with Crippen molar-refractivity contribution in [3.8, 4) is 0 Å². The molecule has 1 aromatic carbocycles. The second kappa shape index (κ2) is 7.93. The molecule has 2 aromatic rings. The van der Waals surface area contributed by atoms with E-state index in [1.807, 2.05) is 4.90 Å². The lowest BCUT2D eigenvalue weighted by atomic mass is 10.00. The summed E-state index contributed by atoms with van der Waals surface area (Å²) in [6.07, 6.45) is 4.45. The number of hydrogen-bond donors (Lipinski definition) is 3. The topological polar surface area (TPSA) is 81.2 Å². The average molecular weight is 348 g/mol. The van der Waals surface area contributed by atoms with Gasteiger partial charge in [0.15, 0.2) is 0 Å². The summed E-state index contributed by atoms with van der Waals surface area (Å²) in [5, 5.41) is 9.06. The van der Waals surface area contributed by atoms with E-state index in [4.69, 9.17) is 5.21 Å². The van der Waals surface area contributed by atoms with E-state index in [2.05, 4.69) is 22.4 Å². The number of unbranched alkanes of at least 4 members (excludes halogenated alkanes) is 1. The monoisotopic (exact) mass is 348 g/mol. The molecule has 1 aliphatic rings. The molecule has 1 amide bonds. The molecule has 25 heavy (non-hydrogen) atoms. The number of carbonyl (C=O) groups excluding carboxylic acids is 1. The normalized spacial score (nSPS) is 18.8. The summed E-state index contributed by atoms with van der Waals surface area (Å²) in [5.41, 5.74) is 3.50. The molecule has 0 radical (unpaired) electrons. The van der Waals surface area contributed by atoms with E-state index in [1.54, 1.807) is 6.07 Å². The molecule has 0 saturated carbocycles. The number of H-pyrrole nitrogens is 1. The first kappa shape index (κ1) is 17.8. The molecular weight excluding hydrogens is 323 g/mol. The second-order valence-corrected chi connectivity index (χ2v) is 6.67. The van der Waals surface area contributed by atoms with Crippen LogP contribution in [0, 0.1) is 11.7 Å². The molecule has 136 valence electrons. The van der Waals surface area contributed by atoms with Crippen LogP contribution in [0.2, 0.25) is 0 Å². The Morgan fingerprint density at radius 2 is 2.40 bits per heavy atom. The molecule has 1 aromatic heterocycles. The molecule has 6 nitrogen and oxygen atoms in total. The number of halogens is 1. The highest BCUT2D eigenvalue weighted by Gasteiger charge is 2.35. The first-order chi connectivity index (χ1) is 12.1. The Bertz CT molecular complexity index is 733. The van der Waals surface area contributed by atoms with Crippen molar-refractivity contribution in [3.63, 3.8) is 0 Å². The van der Waals surface area contributed by atoms with Gasteiger partial charge in [-0.2, -0.15) is 0 Å². The highest BCUT2D eigenvalue weighted by Crippen LogP contribution is 2.33. The van der Waals surface area contributed by atoms with Crippen molar-refractivity contribution in [1.82, 2.24) is 20.3 Å². The molecule has 3 rings (SSSR count). The van der Waals surface area contributed by atoms with Crippen LogP contribution in [0.5, 0.6) is 0 Å². The van der Waals surface area contributed by atoms with Crippen molar-refractivity contribution in [2.24, 2.45) is 5.92 Å². The molecule has 7 heteroatoms. The minimum absolute atomic E-state index is 0.0455. The zero-order chi connectivity index (χ0) is 17.8. The van der Waals surface area contributed by atoms with Crippen LogP contribution in [0.25, 0.3) is 11.0 Å². The van der Waals surface area contributed by atoms with Gasteiger partial charge in [-0.25, -0.2) is 14.9 Å². The van der Waals surface area contributed by atoms with E-state index >= 15 is 0 Å². The van der Waals surface area contributed by atoms with Crippen LogP contribution in [0.1, 0.15) is 50.9 Å². The summed E-state index contributed by atoms with van der Waals surface area (Å²) in [5.74, 6) is 0.188. The first-order valence-corrected chi connectivity index (χ1v) is 8.96. The zero-order valence-corrected chi connectivity index (χ0v) is 14.5.